The predicted molar refractivity (Wildman–Crippen MR) is 90.4 cm³/mol. The van der Waals surface area contributed by atoms with Gasteiger partial charge in [0.15, 0.2) is 0 Å². The molecule has 0 aliphatic carbocycles. The molecule has 0 spiro atoms. The number of carbonyl (C=O) groups excluding carboxylic acids is 1. The fourth-order valence-corrected chi connectivity index (χ4v) is 2.78. The largest absolute Gasteiger partial charge is 0.465 e. The van der Waals surface area contributed by atoms with Gasteiger partial charge >= 0.3 is 6.09 Å². The number of rotatable bonds is 3. The van der Waals surface area contributed by atoms with Gasteiger partial charge in [0.2, 0.25) is 0 Å². The minimum atomic E-state index is -0.957. The normalized spacial score (nSPS) is 15.0. The number of likely N-dealkylation sites (tertiary alicyclic amines) is 1. The summed E-state index contributed by atoms with van der Waals surface area (Å²) in [4.78, 5) is 43.5. The van der Waals surface area contributed by atoms with Gasteiger partial charge in [-0.3, -0.25) is 9.59 Å². The zero-order valence-electron chi connectivity index (χ0n) is 13.4. The van der Waals surface area contributed by atoms with Gasteiger partial charge in [-0.05, 0) is 12.8 Å². The molecule has 0 saturated carbocycles. The van der Waals surface area contributed by atoms with Crippen LogP contribution in [-0.4, -0.2) is 51.1 Å². The third-order valence-corrected chi connectivity index (χ3v) is 4.19. The number of hydrogen-bond donors (Lipinski definition) is 3. The summed E-state index contributed by atoms with van der Waals surface area (Å²) in [6.07, 6.45) is 1.35. The number of amides is 2. The Bertz CT molecular complexity index is 826. The van der Waals surface area contributed by atoms with Crippen LogP contribution in [0.25, 0.3) is 11.4 Å². The molecule has 1 aliphatic rings. The topological polar surface area (TPSA) is 115 Å². The third kappa shape index (κ3) is 3.85. The Balaban J connectivity index is 1.67. The standard InChI is InChI=1S/C17H18N4O4/c22-15(19-12-6-8-21(9-7-12)17(24)25)13-10-18-14(20-16(13)23)11-4-2-1-3-5-11/h1-5,10,12H,6-9H2,(H,19,22)(H,24,25)(H,18,20,23). The summed E-state index contributed by atoms with van der Waals surface area (Å²) in [5.41, 5.74) is 0.197. The van der Waals surface area contributed by atoms with E-state index in [0.717, 1.165) is 5.56 Å². The van der Waals surface area contributed by atoms with Crippen LogP contribution in [0.4, 0.5) is 4.79 Å². The van der Waals surface area contributed by atoms with E-state index in [1.165, 1.54) is 11.1 Å². The predicted octanol–water partition coefficient (Wildman–Crippen LogP) is 1.31. The molecule has 2 aromatic rings. The van der Waals surface area contributed by atoms with Crippen molar-refractivity contribution in [3.8, 4) is 11.4 Å². The number of carboxylic acid groups (broad SMARTS) is 1. The molecule has 8 heteroatoms. The lowest BCUT2D eigenvalue weighted by Crippen LogP contribution is -2.46. The van der Waals surface area contributed by atoms with E-state index in [1.54, 1.807) is 0 Å². The van der Waals surface area contributed by atoms with E-state index >= 15 is 0 Å². The van der Waals surface area contributed by atoms with Crippen molar-refractivity contribution in [3.63, 3.8) is 0 Å². The number of aromatic amines is 1. The average Bonchev–Trinajstić information content (AvgIpc) is 2.62. The quantitative estimate of drug-likeness (QED) is 0.778. The third-order valence-electron chi connectivity index (χ3n) is 4.19. The molecule has 25 heavy (non-hydrogen) atoms. The van der Waals surface area contributed by atoms with Crippen molar-refractivity contribution in [2.75, 3.05) is 13.1 Å². The van der Waals surface area contributed by atoms with Gasteiger partial charge < -0.3 is 20.3 Å². The van der Waals surface area contributed by atoms with Gasteiger partial charge in [0.05, 0.1) is 0 Å². The van der Waals surface area contributed by atoms with E-state index in [9.17, 15) is 14.4 Å². The van der Waals surface area contributed by atoms with Gasteiger partial charge in [-0.1, -0.05) is 30.3 Å². The van der Waals surface area contributed by atoms with Crippen LogP contribution in [0.5, 0.6) is 0 Å². The smallest absolute Gasteiger partial charge is 0.407 e. The zero-order chi connectivity index (χ0) is 17.8. The van der Waals surface area contributed by atoms with Crippen molar-refractivity contribution < 1.29 is 14.7 Å². The number of benzene rings is 1. The Labute approximate surface area is 143 Å². The van der Waals surface area contributed by atoms with Gasteiger partial charge in [0.1, 0.15) is 11.4 Å². The molecule has 0 atom stereocenters. The van der Waals surface area contributed by atoms with E-state index in [0.29, 0.717) is 31.8 Å². The molecule has 2 amide bonds. The van der Waals surface area contributed by atoms with Gasteiger partial charge in [-0.15, -0.1) is 0 Å². The minimum Gasteiger partial charge on any atom is -0.465 e. The molecule has 130 valence electrons. The second-order valence-corrected chi connectivity index (χ2v) is 5.86. The highest BCUT2D eigenvalue weighted by atomic mass is 16.4. The maximum absolute atomic E-state index is 12.3. The molecule has 1 aromatic carbocycles. The Hall–Kier alpha value is -3.16. The maximum Gasteiger partial charge on any atom is 0.407 e. The maximum atomic E-state index is 12.3. The number of H-pyrrole nitrogens is 1. The van der Waals surface area contributed by atoms with Crippen LogP contribution < -0.4 is 10.9 Å². The summed E-state index contributed by atoms with van der Waals surface area (Å²) in [6.45, 7) is 0.726. The van der Waals surface area contributed by atoms with E-state index in [1.807, 2.05) is 30.3 Å². The molecule has 2 heterocycles. The Morgan fingerprint density at radius 2 is 1.88 bits per heavy atom. The van der Waals surface area contributed by atoms with E-state index in [-0.39, 0.29) is 11.6 Å². The fraction of sp³-hybridized carbons (Fsp3) is 0.294. The minimum absolute atomic E-state index is 0.0552. The number of nitrogens with one attached hydrogen (secondary N) is 2. The second-order valence-electron chi connectivity index (χ2n) is 5.86. The summed E-state index contributed by atoms with van der Waals surface area (Å²) >= 11 is 0. The van der Waals surface area contributed by atoms with Crippen LogP contribution in [0, 0.1) is 0 Å². The molecule has 1 aromatic heterocycles. The number of nitrogens with zero attached hydrogens (tertiary/aromatic N) is 2. The Morgan fingerprint density at radius 3 is 2.48 bits per heavy atom. The molecule has 0 unspecified atom stereocenters. The van der Waals surface area contributed by atoms with Gasteiger partial charge in [-0.2, -0.15) is 0 Å². The fourth-order valence-electron chi connectivity index (χ4n) is 2.78. The van der Waals surface area contributed by atoms with Gasteiger partial charge in [0.25, 0.3) is 11.5 Å². The van der Waals surface area contributed by atoms with Crippen LogP contribution >= 0.6 is 0 Å². The first kappa shape index (κ1) is 16.7. The van der Waals surface area contributed by atoms with Crippen molar-refractivity contribution in [1.29, 1.82) is 0 Å². The molecule has 0 bridgehead atoms. The van der Waals surface area contributed by atoms with Crippen LogP contribution in [0.2, 0.25) is 0 Å². The van der Waals surface area contributed by atoms with Crippen LogP contribution in [0.15, 0.2) is 41.3 Å². The highest BCUT2D eigenvalue weighted by molar-refractivity contribution is 5.93. The van der Waals surface area contributed by atoms with E-state index in [4.69, 9.17) is 5.11 Å². The first-order chi connectivity index (χ1) is 12.0. The summed E-state index contributed by atoms with van der Waals surface area (Å²) in [5, 5.41) is 11.7. The highest BCUT2D eigenvalue weighted by Gasteiger charge is 2.24. The lowest BCUT2D eigenvalue weighted by molar-refractivity contribution is 0.0905. The summed E-state index contributed by atoms with van der Waals surface area (Å²) in [7, 11) is 0. The molecular weight excluding hydrogens is 324 g/mol. The number of piperidine rings is 1. The molecular formula is C17H18N4O4. The van der Waals surface area contributed by atoms with E-state index < -0.39 is 17.6 Å². The Morgan fingerprint density at radius 1 is 1.20 bits per heavy atom. The summed E-state index contributed by atoms with van der Waals surface area (Å²) < 4.78 is 0. The lowest BCUT2D eigenvalue weighted by Gasteiger charge is -2.30. The van der Waals surface area contributed by atoms with Crippen LogP contribution in [-0.2, 0) is 0 Å². The monoisotopic (exact) mass is 342 g/mol. The van der Waals surface area contributed by atoms with Crippen LogP contribution in [0.1, 0.15) is 23.2 Å². The van der Waals surface area contributed by atoms with Crippen molar-refractivity contribution in [2.45, 2.75) is 18.9 Å². The molecule has 1 fully saturated rings. The molecule has 3 rings (SSSR count). The summed E-state index contributed by atoms with van der Waals surface area (Å²) in [6, 6.07) is 9.00. The molecule has 1 aliphatic heterocycles. The van der Waals surface area contributed by atoms with Crippen molar-refractivity contribution in [2.24, 2.45) is 0 Å². The number of carbonyl (C=O) groups is 2. The first-order valence-electron chi connectivity index (χ1n) is 7.98. The average molecular weight is 342 g/mol. The molecule has 8 nitrogen and oxygen atoms in total. The molecule has 0 radical (unpaired) electrons. The SMILES string of the molecule is O=C(NC1CCN(C(=O)O)CC1)c1cnc(-c2ccccc2)[nH]c1=O. The highest BCUT2D eigenvalue weighted by Crippen LogP contribution is 2.13. The lowest BCUT2D eigenvalue weighted by atomic mass is 10.1. The van der Waals surface area contributed by atoms with Crippen LogP contribution in [0.3, 0.4) is 0 Å². The van der Waals surface area contributed by atoms with Gasteiger partial charge in [0, 0.05) is 30.9 Å². The second kappa shape index (κ2) is 7.16. The molecule has 3 N–H and O–H groups in total. The first-order valence-corrected chi connectivity index (χ1v) is 7.98. The van der Waals surface area contributed by atoms with Crippen molar-refractivity contribution >= 4 is 12.0 Å². The Kier molecular flexibility index (Phi) is 4.78. The molecule has 1 saturated heterocycles. The van der Waals surface area contributed by atoms with Gasteiger partial charge in [-0.25, -0.2) is 9.78 Å². The van der Waals surface area contributed by atoms with E-state index in [2.05, 4.69) is 15.3 Å². The zero-order valence-corrected chi connectivity index (χ0v) is 13.4. The number of hydrogen-bond acceptors (Lipinski definition) is 4. The number of aromatic nitrogens is 2. The van der Waals surface area contributed by atoms with Crippen molar-refractivity contribution in [1.82, 2.24) is 20.2 Å². The summed E-state index contributed by atoms with van der Waals surface area (Å²) in [5.74, 6) is -0.0981. The van der Waals surface area contributed by atoms with Crippen molar-refractivity contribution in [3.05, 3.63) is 52.4 Å².